The van der Waals surface area contributed by atoms with Gasteiger partial charge in [0.05, 0.1) is 18.0 Å². The molecule has 3 N–H and O–H groups in total. The fraction of sp³-hybridized carbons (Fsp3) is 0.500. The number of benzene rings is 1. The van der Waals surface area contributed by atoms with Gasteiger partial charge in [-0.15, -0.1) is 0 Å². The van der Waals surface area contributed by atoms with Crippen LogP contribution >= 0.6 is 0 Å². The minimum Gasteiger partial charge on any atom is -0.478 e. The average Bonchev–Trinajstić information content (AvgIpc) is 2.60. The Labute approximate surface area is 147 Å². The Bertz CT molecular complexity index is 660. The van der Waals surface area contributed by atoms with Crippen LogP contribution in [0.1, 0.15) is 34.3 Å². The molecule has 0 aromatic heterocycles. The molecular weight excluding hydrogens is 322 g/mol. The zero-order chi connectivity index (χ0) is 18.4. The predicted octanol–water partition coefficient (Wildman–Crippen LogP) is 0.767. The van der Waals surface area contributed by atoms with E-state index in [1.165, 1.54) is 0 Å². The van der Waals surface area contributed by atoms with E-state index in [1.807, 2.05) is 11.8 Å². The largest absolute Gasteiger partial charge is 0.478 e. The average molecular weight is 347 g/mol. The molecular formula is C18H25N3O4. The number of aryl methyl sites for hydroxylation is 1. The summed E-state index contributed by atoms with van der Waals surface area (Å²) in [5.41, 5.74) is 1.93. The van der Waals surface area contributed by atoms with Gasteiger partial charge in [0.15, 0.2) is 0 Å². The molecule has 0 saturated carbocycles. The number of hydrogen-bond acceptors (Lipinski definition) is 4. The molecule has 2 amide bonds. The summed E-state index contributed by atoms with van der Waals surface area (Å²) < 4.78 is 0. The molecule has 0 radical (unpaired) electrons. The molecule has 1 aromatic rings. The van der Waals surface area contributed by atoms with Gasteiger partial charge in [0, 0.05) is 20.1 Å². The quantitative estimate of drug-likeness (QED) is 0.706. The number of carboxylic acid groups (broad SMARTS) is 1. The van der Waals surface area contributed by atoms with E-state index in [4.69, 9.17) is 5.11 Å². The molecule has 1 fully saturated rings. The molecule has 0 aliphatic carbocycles. The minimum absolute atomic E-state index is 0.0196. The molecule has 136 valence electrons. The predicted molar refractivity (Wildman–Crippen MR) is 93.2 cm³/mol. The van der Waals surface area contributed by atoms with Gasteiger partial charge in [0.1, 0.15) is 0 Å². The number of amides is 2. The van der Waals surface area contributed by atoms with E-state index < -0.39 is 5.97 Å². The van der Waals surface area contributed by atoms with Crippen LogP contribution in [-0.4, -0.2) is 54.5 Å². The van der Waals surface area contributed by atoms with Crippen molar-refractivity contribution >= 4 is 17.8 Å². The van der Waals surface area contributed by atoms with Gasteiger partial charge >= 0.3 is 5.97 Å². The van der Waals surface area contributed by atoms with Crippen LogP contribution in [0.4, 0.5) is 0 Å². The maximum atomic E-state index is 12.2. The van der Waals surface area contributed by atoms with Gasteiger partial charge in [-0.2, -0.15) is 0 Å². The number of aromatic carboxylic acids is 1. The first-order valence-corrected chi connectivity index (χ1v) is 8.44. The molecule has 7 heteroatoms. The zero-order valence-corrected chi connectivity index (χ0v) is 14.7. The first-order valence-electron chi connectivity index (χ1n) is 8.44. The number of nitrogens with zero attached hydrogens (tertiary/aromatic N) is 1. The van der Waals surface area contributed by atoms with Gasteiger partial charge in [-0.1, -0.05) is 6.07 Å². The molecule has 1 atom stereocenters. The lowest BCUT2D eigenvalue weighted by Crippen LogP contribution is -2.46. The van der Waals surface area contributed by atoms with Crippen molar-refractivity contribution < 1.29 is 19.5 Å². The molecule has 1 heterocycles. The third-order valence-corrected chi connectivity index (χ3v) is 4.56. The van der Waals surface area contributed by atoms with Gasteiger partial charge in [0.2, 0.25) is 11.8 Å². The third kappa shape index (κ3) is 5.29. The number of piperidine rings is 1. The third-order valence-electron chi connectivity index (χ3n) is 4.56. The Balaban J connectivity index is 1.87. The smallest absolute Gasteiger partial charge is 0.335 e. The summed E-state index contributed by atoms with van der Waals surface area (Å²) in [5.74, 6) is -1.16. The molecule has 1 saturated heterocycles. The van der Waals surface area contributed by atoms with Gasteiger partial charge in [0.25, 0.3) is 0 Å². The summed E-state index contributed by atoms with van der Waals surface area (Å²) in [5, 5.41) is 14.6. The van der Waals surface area contributed by atoms with Crippen molar-refractivity contribution in [2.45, 2.75) is 26.3 Å². The second-order valence-corrected chi connectivity index (χ2v) is 6.41. The van der Waals surface area contributed by atoms with E-state index in [0.717, 1.165) is 30.5 Å². The maximum Gasteiger partial charge on any atom is 0.335 e. The van der Waals surface area contributed by atoms with Crippen LogP contribution in [0.15, 0.2) is 18.2 Å². The summed E-state index contributed by atoms with van der Waals surface area (Å²) in [4.78, 5) is 37.0. The molecule has 0 spiro atoms. The van der Waals surface area contributed by atoms with E-state index in [0.29, 0.717) is 13.1 Å². The van der Waals surface area contributed by atoms with Crippen LogP contribution in [0.2, 0.25) is 0 Å². The first-order chi connectivity index (χ1) is 11.9. The lowest BCUT2D eigenvalue weighted by molar-refractivity contribution is -0.128. The Kier molecular flexibility index (Phi) is 6.52. The number of carbonyl (C=O) groups excluding carboxylic acids is 2. The SMILES string of the molecule is CNC(=O)C1CCCN(CC(=O)NCc2cc(C(=O)O)ccc2C)C1. The summed E-state index contributed by atoms with van der Waals surface area (Å²) in [7, 11) is 1.63. The number of rotatable bonds is 6. The van der Waals surface area contributed by atoms with E-state index in [2.05, 4.69) is 10.6 Å². The van der Waals surface area contributed by atoms with Crippen LogP contribution in [-0.2, 0) is 16.1 Å². The lowest BCUT2D eigenvalue weighted by Gasteiger charge is -2.31. The number of carbonyl (C=O) groups is 3. The van der Waals surface area contributed by atoms with Gasteiger partial charge in [-0.25, -0.2) is 4.79 Å². The molecule has 7 nitrogen and oxygen atoms in total. The molecule has 0 bridgehead atoms. The highest BCUT2D eigenvalue weighted by Crippen LogP contribution is 2.16. The lowest BCUT2D eigenvalue weighted by atomic mass is 9.97. The number of carboxylic acids is 1. The summed E-state index contributed by atoms with van der Waals surface area (Å²) in [6, 6.07) is 4.87. The highest BCUT2D eigenvalue weighted by molar-refractivity contribution is 5.88. The molecule has 1 aliphatic heterocycles. The zero-order valence-electron chi connectivity index (χ0n) is 14.7. The summed E-state index contributed by atoms with van der Waals surface area (Å²) >= 11 is 0. The van der Waals surface area contributed by atoms with Crippen LogP contribution in [0.5, 0.6) is 0 Å². The highest BCUT2D eigenvalue weighted by atomic mass is 16.4. The fourth-order valence-electron chi connectivity index (χ4n) is 3.07. The molecule has 2 rings (SSSR count). The van der Waals surface area contributed by atoms with E-state index >= 15 is 0 Å². The maximum absolute atomic E-state index is 12.2. The van der Waals surface area contributed by atoms with Crippen molar-refractivity contribution in [3.8, 4) is 0 Å². The highest BCUT2D eigenvalue weighted by Gasteiger charge is 2.26. The number of nitrogens with one attached hydrogen (secondary N) is 2. The molecule has 25 heavy (non-hydrogen) atoms. The summed E-state index contributed by atoms with van der Waals surface area (Å²) in [6.45, 7) is 3.80. The van der Waals surface area contributed by atoms with Gasteiger partial charge in [-0.05, 0) is 49.6 Å². The molecule has 1 unspecified atom stereocenters. The number of likely N-dealkylation sites (tertiary alicyclic amines) is 1. The number of hydrogen-bond donors (Lipinski definition) is 3. The van der Waals surface area contributed by atoms with Gasteiger partial charge < -0.3 is 15.7 Å². The molecule has 1 aliphatic rings. The van der Waals surface area contributed by atoms with E-state index in [9.17, 15) is 14.4 Å². The normalized spacial score (nSPS) is 17.8. The topological polar surface area (TPSA) is 98.7 Å². The Morgan fingerprint density at radius 3 is 2.76 bits per heavy atom. The van der Waals surface area contributed by atoms with Crippen molar-refractivity contribution in [2.24, 2.45) is 5.92 Å². The van der Waals surface area contributed by atoms with E-state index in [1.54, 1.807) is 25.2 Å². The van der Waals surface area contributed by atoms with Crippen molar-refractivity contribution in [1.82, 2.24) is 15.5 Å². The fourth-order valence-corrected chi connectivity index (χ4v) is 3.07. The van der Waals surface area contributed by atoms with Crippen molar-refractivity contribution in [3.63, 3.8) is 0 Å². The van der Waals surface area contributed by atoms with Crippen molar-refractivity contribution in [3.05, 3.63) is 34.9 Å². The standard InChI is InChI=1S/C18H25N3O4/c1-12-5-6-13(18(24)25)8-15(12)9-20-16(22)11-21-7-3-4-14(10-21)17(23)19-2/h5-6,8,14H,3-4,7,9-11H2,1-2H3,(H,19,23)(H,20,22)(H,24,25). The Morgan fingerprint density at radius 2 is 2.08 bits per heavy atom. The Hall–Kier alpha value is -2.41. The second kappa shape index (κ2) is 8.62. The van der Waals surface area contributed by atoms with E-state index in [-0.39, 0.29) is 29.8 Å². The summed E-state index contributed by atoms with van der Waals surface area (Å²) in [6.07, 6.45) is 1.74. The van der Waals surface area contributed by atoms with Crippen molar-refractivity contribution in [2.75, 3.05) is 26.7 Å². The van der Waals surface area contributed by atoms with Gasteiger partial charge in [-0.3, -0.25) is 14.5 Å². The van der Waals surface area contributed by atoms with Crippen LogP contribution in [0.3, 0.4) is 0 Å². The second-order valence-electron chi connectivity index (χ2n) is 6.41. The minimum atomic E-state index is -0.985. The van der Waals surface area contributed by atoms with Crippen LogP contribution in [0, 0.1) is 12.8 Å². The monoisotopic (exact) mass is 347 g/mol. The Morgan fingerprint density at radius 1 is 1.32 bits per heavy atom. The van der Waals surface area contributed by atoms with Crippen LogP contribution in [0.25, 0.3) is 0 Å². The van der Waals surface area contributed by atoms with Crippen molar-refractivity contribution in [1.29, 1.82) is 0 Å². The van der Waals surface area contributed by atoms with Crippen LogP contribution < -0.4 is 10.6 Å². The molecule has 1 aromatic carbocycles. The first kappa shape index (κ1) is 18.9.